The lowest BCUT2D eigenvalue weighted by Crippen LogP contribution is -2.34. The van der Waals surface area contributed by atoms with E-state index in [1.165, 1.54) is 16.2 Å². The number of hydrogen-bond donors (Lipinski definition) is 3. The third-order valence-electron chi connectivity index (χ3n) is 3.93. The second-order valence-corrected chi connectivity index (χ2v) is 7.75. The molecule has 9 nitrogen and oxygen atoms in total. The molecule has 1 aromatic carbocycles. The fourth-order valence-electron chi connectivity index (χ4n) is 2.63. The molecule has 11 heteroatoms. The summed E-state index contributed by atoms with van der Waals surface area (Å²) in [5.41, 5.74) is 6.21. The molecular formula is C18H18ClN5O4S. The van der Waals surface area contributed by atoms with Crippen molar-refractivity contribution in [3.05, 3.63) is 45.6 Å². The predicted molar refractivity (Wildman–Crippen MR) is 111 cm³/mol. The molecule has 1 aliphatic heterocycles. The number of ether oxygens (including phenoxy) is 1. The van der Waals surface area contributed by atoms with Crippen molar-refractivity contribution in [1.82, 2.24) is 16.2 Å². The second kappa shape index (κ2) is 9.39. The van der Waals surface area contributed by atoms with Gasteiger partial charge in [0.05, 0.1) is 28.0 Å². The Hall–Kier alpha value is -3.11. The average molecular weight is 436 g/mol. The van der Waals surface area contributed by atoms with Gasteiger partial charge in [0, 0.05) is 5.69 Å². The Kier molecular flexibility index (Phi) is 6.68. The van der Waals surface area contributed by atoms with Crippen LogP contribution >= 0.6 is 22.9 Å². The van der Waals surface area contributed by atoms with E-state index in [1.807, 2.05) is 0 Å². The molecule has 1 aromatic heterocycles. The summed E-state index contributed by atoms with van der Waals surface area (Å²) in [5, 5.41) is 2.75. The predicted octanol–water partition coefficient (Wildman–Crippen LogP) is 2.46. The molecule has 2 aromatic rings. The Morgan fingerprint density at radius 1 is 1.34 bits per heavy atom. The van der Waals surface area contributed by atoms with Crippen molar-refractivity contribution < 1.29 is 19.1 Å². The summed E-state index contributed by atoms with van der Waals surface area (Å²) in [6, 6.07) is 10.3. The molecule has 2 heterocycles. The Morgan fingerprint density at radius 2 is 2.10 bits per heavy atom. The Bertz CT molecular complexity index is 931. The second-order valence-electron chi connectivity index (χ2n) is 6.03. The number of hydrogen-bond acceptors (Lipinski definition) is 6. The number of amides is 3. The van der Waals surface area contributed by atoms with Crippen molar-refractivity contribution in [3.63, 3.8) is 0 Å². The SMILES string of the molecule is CC(=Nc1ccc(N2CC(CNC(=O)c3ccc(Cl)s3)OC2=O)cc1)NNC=O. The Labute approximate surface area is 175 Å². The normalized spacial score (nSPS) is 16.3. The van der Waals surface area contributed by atoms with E-state index in [0.29, 0.717) is 39.4 Å². The van der Waals surface area contributed by atoms with Crippen LogP contribution in [0.2, 0.25) is 4.34 Å². The van der Waals surface area contributed by atoms with Gasteiger partial charge < -0.3 is 10.1 Å². The number of carbonyl (C=O) groups excluding carboxylic acids is 3. The van der Waals surface area contributed by atoms with Gasteiger partial charge in [-0.15, -0.1) is 11.3 Å². The number of hydrazine groups is 1. The summed E-state index contributed by atoms with van der Waals surface area (Å²) in [5.74, 6) is 0.250. The first-order valence-corrected chi connectivity index (χ1v) is 9.78. The zero-order valence-electron chi connectivity index (χ0n) is 15.3. The van der Waals surface area contributed by atoms with E-state index >= 15 is 0 Å². The van der Waals surface area contributed by atoms with Crippen LogP contribution in [0.15, 0.2) is 41.4 Å². The van der Waals surface area contributed by atoms with E-state index < -0.39 is 12.2 Å². The lowest BCUT2D eigenvalue weighted by atomic mass is 10.2. The Balaban J connectivity index is 1.55. The maximum Gasteiger partial charge on any atom is 0.414 e. The number of aliphatic imine (C=N–C) groups is 1. The first kappa shape index (κ1) is 20.6. The fourth-order valence-corrected chi connectivity index (χ4v) is 3.59. The molecule has 1 unspecified atom stereocenters. The first-order chi connectivity index (χ1) is 14.0. The molecule has 0 aliphatic carbocycles. The summed E-state index contributed by atoms with van der Waals surface area (Å²) >= 11 is 7.02. The van der Waals surface area contributed by atoms with Gasteiger partial charge in [0.2, 0.25) is 6.41 Å². The van der Waals surface area contributed by atoms with Gasteiger partial charge in [-0.1, -0.05) is 11.6 Å². The van der Waals surface area contributed by atoms with Gasteiger partial charge >= 0.3 is 6.09 Å². The highest BCUT2D eigenvalue weighted by atomic mass is 35.5. The summed E-state index contributed by atoms with van der Waals surface area (Å²) in [4.78, 5) is 40.8. The van der Waals surface area contributed by atoms with Gasteiger partial charge in [0.1, 0.15) is 11.9 Å². The molecule has 0 bridgehead atoms. The number of thiophene rings is 1. The van der Waals surface area contributed by atoms with Crippen LogP contribution in [0.5, 0.6) is 0 Å². The quantitative estimate of drug-likeness (QED) is 0.267. The maximum atomic E-state index is 12.2. The largest absolute Gasteiger partial charge is 0.442 e. The Morgan fingerprint density at radius 3 is 2.76 bits per heavy atom. The summed E-state index contributed by atoms with van der Waals surface area (Å²) in [6.45, 7) is 2.22. The van der Waals surface area contributed by atoms with Crippen molar-refractivity contribution in [1.29, 1.82) is 0 Å². The minimum absolute atomic E-state index is 0.202. The van der Waals surface area contributed by atoms with Gasteiger partial charge in [-0.05, 0) is 43.3 Å². The third-order valence-corrected chi connectivity index (χ3v) is 5.16. The molecule has 3 N–H and O–H groups in total. The molecule has 1 aliphatic rings. The highest BCUT2D eigenvalue weighted by Gasteiger charge is 2.32. The van der Waals surface area contributed by atoms with E-state index in [4.69, 9.17) is 16.3 Å². The fraction of sp³-hybridized carbons (Fsp3) is 0.222. The van der Waals surface area contributed by atoms with Gasteiger partial charge in [0.25, 0.3) is 5.91 Å². The highest BCUT2D eigenvalue weighted by Crippen LogP contribution is 2.25. The number of rotatable bonds is 7. The van der Waals surface area contributed by atoms with E-state index in [-0.39, 0.29) is 12.5 Å². The number of halogens is 1. The summed E-state index contributed by atoms with van der Waals surface area (Å²) in [6.07, 6.45) is -0.427. The van der Waals surface area contributed by atoms with Crippen LogP contribution in [0, 0.1) is 0 Å². The summed E-state index contributed by atoms with van der Waals surface area (Å²) < 4.78 is 5.86. The number of anilines is 1. The topological polar surface area (TPSA) is 112 Å². The van der Waals surface area contributed by atoms with Crippen LogP contribution in [-0.2, 0) is 9.53 Å². The monoisotopic (exact) mass is 435 g/mol. The number of carbonyl (C=O) groups is 3. The van der Waals surface area contributed by atoms with Gasteiger partial charge in [-0.3, -0.25) is 25.3 Å². The van der Waals surface area contributed by atoms with Crippen LogP contribution < -0.4 is 21.1 Å². The van der Waals surface area contributed by atoms with Crippen LogP contribution in [0.1, 0.15) is 16.6 Å². The number of benzene rings is 1. The van der Waals surface area contributed by atoms with Crippen LogP contribution in [0.3, 0.4) is 0 Å². The lowest BCUT2D eigenvalue weighted by molar-refractivity contribution is -0.110. The third kappa shape index (κ3) is 5.46. The number of nitrogens with zero attached hydrogens (tertiary/aromatic N) is 2. The number of amidine groups is 1. The minimum atomic E-state index is -0.479. The van der Waals surface area contributed by atoms with Crippen molar-refractivity contribution >= 4 is 58.6 Å². The highest BCUT2D eigenvalue weighted by molar-refractivity contribution is 7.18. The van der Waals surface area contributed by atoms with Crippen molar-refractivity contribution in [2.24, 2.45) is 4.99 Å². The van der Waals surface area contributed by atoms with E-state index in [1.54, 1.807) is 43.3 Å². The summed E-state index contributed by atoms with van der Waals surface area (Å²) in [7, 11) is 0. The molecule has 0 spiro atoms. The maximum absolute atomic E-state index is 12.2. The lowest BCUT2D eigenvalue weighted by Gasteiger charge is -2.13. The van der Waals surface area contributed by atoms with E-state index in [0.717, 1.165) is 0 Å². The van der Waals surface area contributed by atoms with Crippen molar-refractivity contribution in [2.45, 2.75) is 13.0 Å². The van der Waals surface area contributed by atoms with Crippen LogP contribution in [0.4, 0.5) is 16.2 Å². The molecule has 0 saturated carbocycles. The molecule has 1 saturated heterocycles. The van der Waals surface area contributed by atoms with Crippen LogP contribution in [-0.4, -0.2) is 43.4 Å². The van der Waals surface area contributed by atoms with Gasteiger partial charge in [-0.25, -0.2) is 9.79 Å². The molecule has 152 valence electrons. The van der Waals surface area contributed by atoms with Gasteiger partial charge in [0.15, 0.2) is 0 Å². The zero-order chi connectivity index (χ0) is 20.8. The number of cyclic esters (lactones) is 1. The van der Waals surface area contributed by atoms with Crippen LogP contribution in [0.25, 0.3) is 0 Å². The van der Waals surface area contributed by atoms with E-state index in [2.05, 4.69) is 21.2 Å². The molecule has 1 atom stereocenters. The van der Waals surface area contributed by atoms with Crippen molar-refractivity contribution in [3.8, 4) is 0 Å². The first-order valence-electron chi connectivity index (χ1n) is 8.58. The smallest absolute Gasteiger partial charge is 0.414 e. The molecule has 0 radical (unpaired) electrons. The molecule has 3 rings (SSSR count). The minimum Gasteiger partial charge on any atom is -0.442 e. The molecule has 29 heavy (non-hydrogen) atoms. The zero-order valence-corrected chi connectivity index (χ0v) is 16.9. The standard InChI is InChI=1S/C18H18ClN5O4S/c1-11(23-21-10-25)22-12-2-4-13(5-3-12)24-9-14(28-18(24)27)8-20-17(26)15-6-7-16(19)29-15/h2-7,10,14H,8-9H2,1H3,(H,20,26)(H,21,25)(H,22,23). The average Bonchev–Trinajstić information content (AvgIpc) is 3.31. The van der Waals surface area contributed by atoms with Crippen molar-refractivity contribution in [2.75, 3.05) is 18.0 Å². The van der Waals surface area contributed by atoms with Gasteiger partial charge in [-0.2, -0.15) is 0 Å². The molecule has 1 fully saturated rings. The number of nitrogens with one attached hydrogen (secondary N) is 3. The van der Waals surface area contributed by atoms with E-state index in [9.17, 15) is 14.4 Å². The molecular weight excluding hydrogens is 418 g/mol. The molecule has 3 amide bonds.